The van der Waals surface area contributed by atoms with Crippen LogP contribution in [0.3, 0.4) is 0 Å². The Hall–Kier alpha value is -2.89. The summed E-state index contributed by atoms with van der Waals surface area (Å²) in [6, 6.07) is 9.47. The lowest BCUT2D eigenvalue weighted by molar-refractivity contribution is -0.134. The average Bonchev–Trinajstić information content (AvgIpc) is 3.54. The molecule has 6 nitrogen and oxygen atoms in total. The number of aromatic nitrogens is 1. The Bertz CT molecular complexity index is 993. The largest absolute Gasteiger partial charge is 0.464 e. The van der Waals surface area contributed by atoms with Crippen LogP contribution in [0.5, 0.6) is 0 Å². The van der Waals surface area contributed by atoms with Crippen molar-refractivity contribution in [1.29, 1.82) is 0 Å². The molecule has 0 spiro atoms. The van der Waals surface area contributed by atoms with Gasteiger partial charge in [0.05, 0.1) is 13.2 Å². The lowest BCUT2D eigenvalue weighted by Gasteiger charge is -2.28. The van der Waals surface area contributed by atoms with Gasteiger partial charge in [0.2, 0.25) is 5.91 Å². The van der Waals surface area contributed by atoms with Gasteiger partial charge in [0.25, 0.3) is 0 Å². The molecule has 1 heterocycles. The van der Waals surface area contributed by atoms with Crippen LogP contribution in [0.1, 0.15) is 70.3 Å². The van der Waals surface area contributed by atoms with Crippen LogP contribution in [-0.2, 0) is 16.6 Å². The van der Waals surface area contributed by atoms with E-state index in [1.165, 1.54) is 12.7 Å². The molecule has 31 heavy (non-hydrogen) atoms. The molecular weight excluding hydrogens is 392 g/mol. The first-order valence-corrected chi connectivity index (χ1v) is 10.9. The standard InChI is InChI=1S/C25H32N2O4/c1-7-13-27(24(29)20-14-19(20)18-11-9-8-10-12-18)17(4)23(28)21-15(2)22(25(30)31-6)26(5)16(21)3/h8-12,17,19-20H,7,13-14H2,1-6H3/t17-,19-,20-/m0/s1. The van der Waals surface area contributed by atoms with Gasteiger partial charge in [0.1, 0.15) is 5.69 Å². The second kappa shape index (κ2) is 9.08. The molecule has 166 valence electrons. The Balaban J connectivity index is 1.86. The molecule has 1 fully saturated rings. The summed E-state index contributed by atoms with van der Waals surface area (Å²) in [5.74, 6) is -0.426. The van der Waals surface area contributed by atoms with Gasteiger partial charge in [-0.2, -0.15) is 0 Å². The van der Waals surface area contributed by atoms with E-state index in [0.29, 0.717) is 29.1 Å². The second-order valence-corrected chi connectivity index (χ2v) is 8.42. The molecule has 3 atom stereocenters. The molecule has 0 N–H and O–H groups in total. The first-order chi connectivity index (χ1) is 14.7. The zero-order chi connectivity index (χ0) is 22.9. The molecule has 1 aliphatic carbocycles. The number of benzene rings is 1. The quantitative estimate of drug-likeness (QED) is 0.474. The number of esters is 1. The minimum atomic E-state index is -0.602. The van der Waals surface area contributed by atoms with Gasteiger partial charge in [0, 0.05) is 30.8 Å². The number of amides is 1. The van der Waals surface area contributed by atoms with E-state index in [9.17, 15) is 14.4 Å². The van der Waals surface area contributed by atoms with Crippen molar-refractivity contribution in [2.24, 2.45) is 13.0 Å². The normalized spacial score (nSPS) is 18.4. The number of Topliss-reactive ketones (excluding diaryl/α,β-unsaturated/α-hetero) is 1. The fourth-order valence-corrected chi connectivity index (χ4v) is 4.56. The van der Waals surface area contributed by atoms with Crippen molar-refractivity contribution in [3.8, 4) is 0 Å². The van der Waals surface area contributed by atoms with Gasteiger partial charge in [-0.25, -0.2) is 4.79 Å². The number of carbonyl (C=O) groups excluding carboxylic acids is 3. The lowest BCUT2D eigenvalue weighted by atomic mass is 9.99. The molecule has 0 radical (unpaired) electrons. The van der Waals surface area contributed by atoms with Crippen molar-refractivity contribution in [3.05, 3.63) is 58.4 Å². The molecule has 0 unspecified atom stereocenters. The fourth-order valence-electron chi connectivity index (χ4n) is 4.56. The first kappa shape index (κ1) is 22.8. The Morgan fingerprint density at radius 1 is 1.19 bits per heavy atom. The molecule has 1 aromatic heterocycles. The van der Waals surface area contributed by atoms with E-state index in [4.69, 9.17) is 4.74 Å². The van der Waals surface area contributed by atoms with E-state index in [-0.39, 0.29) is 23.5 Å². The predicted octanol–water partition coefficient (Wildman–Crippen LogP) is 4.04. The van der Waals surface area contributed by atoms with Gasteiger partial charge in [-0.1, -0.05) is 37.3 Å². The summed E-state index contributed by atoms with van der Waals surface area (Å²) >= 11 is 0. The third kappa shape index (κ3) is 4.16. The average molecular weight is 425 g/mol. The van der Waals surface area contributed by atoms with E-state index < -0.39 is 12.0 Å². The molecule has 1 aromatic carbocycles. The van der Waals surface area contributed by atoms with Crippen molar-refractivity contribution in [1.82, 2.24) is 9.47 Å². The lowest BCUT2D eigenvalue weighted by Crippen LogP contribution is -2.45. The van der Waals surface area contributed by atoms with Crippen LogP contribution in [0.15, 0.2) is 30.3 Å². The van der Waals surface area contributed by atoms with Crippen LogP contribution in [0.2, 0.25) is 0 Å². The van der Waals surface area contributed by atoms with Crippen LogP contribution < -0.4 is 0 Å². The van der Waals surface area contributed by atoms with Crippen molar-refractivity contribution in [2.45, 2.75) is 52.5 Å². The highest BCUT2D eigenvalue weighted by Crippen LogP contribution is 2.48. The Labute approximate surface area is 184 Å². The summed E-state index contributed by atoms with van der Waals surface area (Å²) in [4.78, 5) is 40.8. The van der Waals surface area contributed by atoms with Gasteiger partial charge >= 0.3 is 5.97 Å². The third-order valence-corrected chi connectivity index (χ3v) is 6.49. The molecule has 1 saturated carbocycles. The number of rotatable bonds is 8. The predicted molar refractivity (Wildman–Crippen MR) is 119 cm³/mol. The van der Waals surface area contributed by atoms with Crippen LogP contribution in [0.4, 0.5) is 0 Å². The number of hydrogen-bond acceptors (Lipinski definition) is 4. The Morgan fingerprint density at radius 2 is 1.84 bits per heavy atom. The summed E-state index contributed by atoms with van der Waals surface area (Å²) in [7, 11) is 3.08. The highest BCUT2D eigenvalue weighted by atomic mass is 16.5. The highest BCUT2D eigenvalue weighted by Gasteiger charge is 2.47. The van der Waals surface area contributed by atoms with Gasteiger partial charge in [-0.05, 0) is 50.7 Å². The van der Waals surface area contributed by atoms with Crippen LogP contribution in [0.25, 0.3) is 0 Å². The summed E-state index contributed by atoms with van der Waals surface area (Å²) in [6.45, 7) is 7.90. The maximum atomic E-state index is 13.5. The molecular formula is C25H32N2O4. The van der Waals surface area contributed by atoms with E-state index >= 15 is 0 Å². The second-order valence-electron chi connectivity index (χ2n) is 8.42. The number of hydrogen-bond donors (Lipinski definition) is 0. The van der Waals surface area contributed by atoms with E-state index in [1.54, 1.807) is 30.4 Å². The number of nitrogens with zero attached hydrogens (tertiary/aromatic N) is 2. The van der Waals surface area contributed by atoms with Crippen LogP contribution >= 0.6 is 0 Å². The zero-order valence-electron chi connectivity index (χ0n) is 19.3. The minimum Gasteiger partial charge on any atom is -0.464 e. The summed E-state index contributed by atoms with van der Waals surface area (Å²) < 4.78 is 6.58. The van der Waals surface area contributed by atoms with E-state index in [0.717, 1.165) is 12.8 Å². The van der Waals surface area contributed by atoms with Gasteiger partial charge in [-0.3, -0.25) is 9.59 Å². The van der Waals surface area contributed by atoms with Crippen molar-refractivity contribution in [2.75, 3.05) is 13.7 Å². The van der Waals surface area contributed by atoms with Crippen LogP contribution in [0, 0.1) is 19.8 Å². The van der Waals surface area contributed by atoms with Crippen molar-refractivity contribution in [3.63, 3.8) is 0 Å². The molecule has 6 heteroatoms. The number of methoxy groups -OCH3 is 1. The van der Waals surface area contributed by atoms with Gasteiger partial charge in [-0.15, -0.1) is 0 Å². The molecule has 1 amide bonds. The molecule has 0 bridgehead atoms. The number of ketones is 1. The monoisotopic (exact) mass is 424 g/mol. The van der Waals surface area contributed by atoms with Crippen molar-refractivity contribution < 1.29 is 19.1 Å². The summed E-state index contributed by atoms with van der Waals surface area (Å²) in [5, 5.41) is 0. The van der Waals surface area contributed by atoms with Crippen LogP contribution in [-0.4, -0.2) is 46.8 Å². The fraction of sp³-hybridized carbons (Fsp3) is 0.480. The maximum Gasteiger partial charge on any atom is 0.354 e. The maximum absolute atomic E-state index is 13.5. The smallest absolute Gasteiger partial charge is 0.354 e. The zero-order valence-corrected chi connectivity index (χ0v) is 19.3. The number of ether oxygens (including phenoxy) is 1. The summed E-state index contributed by atoms with van der Waals surface area (Å²) in [6.07, 6.45) is 1.59. The highest BCUT2D eigenvalue weighted by molar-refractivity contribution is 6.06. The SMILES string of the molecule is CCCN(C(=O)[C@H]1C[C@H]1c1ccccc1)[C@@H](C)C(=O)c1c(C)c(C(=O)OC)n(C)c1C. The third-order valence-electron chi connectivity index (χ3n) is 6.49. The van der Waals surface area contributed by atoms with E-state index in [2.05, 4.69) is 12.1 Å². The molecule has 0 saturated heterocycles. The van der Waals surface area contributed by atoms with Gasteiger partial charge in [0.15, 0.2) is 5.78 Å². The molecule has 0 aliphatic heterocycles. The Morgan fingerprint density at radius 3 is 2.42 bits per heavy atom. The van der Waals surface area contributed by atoms with Gasteiger partial charge < -0.3 is 14.2 Å². The minimum absolute atomic E-state index is 0.0379. The Kier molecular flexibility index (Phi) is 6.68. The van der Waals surface area contributed by atoms with E-state index in [1.807, 2.05) is 32.0 Å². The molecule has 3 rings (SSSR count). The number of carbonyl (C=O) groups is 3. The molecule has 1 aliphatic rings. The topological polar surface area (TPSA) is 68.6 Å². The van der Waals surface area contributed by atoms with Crippen molar-refractivity contribution >= 4 is 17.7 Å². The summed E-state index contributed by atoms with van der Waals surface area (Å²) in [5.41, 5.74) is 3.34. The molecule has 2 aromatic rings. The first-order valence-electron chi connectivity index (χ1n) is 10.9.